The summed E-state index contributed by atoms with van der Waals surface area (Å²) < 4.78 is 10.5. The van der Waals surface area contributed by atoms with Crippen molar-refractivity contribution in [2.75, 3.05) is 50.1 Å². The van der Waals surface area contributed by atoms with Crippen LogP contribution in [0.1, 0.15) is 24.4 Å². The van der Waals surface area contributed by atoms with Crippen molar-refractivity contribution in [3.05, 3.63) is 48.4 Å². The van der Waals surface area contributed by atoms with Gasteiger partial charge in [0.2, 0.25) is 11.8 Å². The largest absolute Gasteiger partial charge is 0.459 e. The van der Waals surface area contributed by atoms with E-state index in [0.717, 1.165) is 18.8 Å². The van der Waals surface area contributed by atoms with Crippen molar-refractivity contribution in [2.45, 2.75) is 19.9 Å². The second-order valence-electron chi connectivity index (χ2n) is 8.06. The summed E-state index contributed by atoms with van der Waals surface area (Å²) in [5.41, 5.74) is 1.73. The fourth-order valence-corrected chi connectivity index (χ4v) is 3.44. The zero-order valence-corrected chi connectivity index (χ0v) is 18.7. The number of carbonyl (C=O) groups excluding carboxylic acids is 3. The Balaban J connectivity index is 1.53. The maximum Gasteiger partial charge on any atom is 0.287 e. The molecule has 2 N–H and O–H groups in total. The number of carbonyl (C=O) groups is 3. The summed E-state index contributed by atoms with van der Waals surface area (Å²) in [5, 5.41) is 5.50. The number of rotatable bonds is 8. The number of morpholine rings is 1. The molecule has 9 nitrogen and oxygen atoms in total. The maximum atomic E-state index is 12.9. The van der Waals surface area contributed by atoms with Gasteiger partial charge in [-0.3, -0.25) is 14.4 Å². The van der Waals surface area contributed by atoms with Crippen LogP contribution in [0.3, 0.4) is 0 Å². The lowest BCUT2D eigenvalue weighted by atomic mass is 10.0. The maximum absolute atomic E-state index is 12.9. The SMILES string of the molecule is CC(C)C(NC(=O)c1ccco1)C(=O)N(C)CC(=O)Nc1ccc(N2CCOCC2)cc1. The van der Waals surface area contributed by atoms with Crippen molar-refractivity contribution in [2.24, 2.45) is 5.92 Å². The van der Waals surface area contributed by atoms with Gasteiger partial charge >= 0.3 is 0 Å². The van der Waals surface area contributed by atoms with Gasteiger partial charge in [-0.2, -0.15) is 0 Å². The van der Waals surface area contributed by atoms with Crippen molar-refractivity contribution in [1.29, 1.82) is 0 Å². The predicted molar refractivity (Wildman–Crippen MR) is 121 cm³/mol. The molecule has 0 aliphatic carbocycles. The molecule has 3 amide bonds. The minimum Gasteiger partial charge on any atom is -0.459 e. The van der Waals surface area contributed by atoms with Crippen LogP contribution in [0.15, 0.2) is 47.1 Å². The van der Waals surface area contributed by atoms with Gasteiger partial charge in [0.15, 0.2) is 5.76 Å². The van der Waals surface area contributed by atoms with E-state index in [1.165, 1.54) is 24.3 Å². The molecule has 1 aromatic carbocycles. The molecule has 32 heavy (non-hydrogen) atoms. The number of ether oxygens (including phenoxy) is 1. The first-order chi connectivity index (χ1) is 15.3. The van der Waals surface area contributed by atoms with Gasteiger partial charge in [-0.15, -0.1) is 0 Å². The first-order valence-electron chi connectivity index (χ1n) is 10.7. The molecule has 2 aromatic rings. The normalized spacial score (nSPS) is 14.7. The highest BCUT2D eigenvalue weighted by Gasteiger charge is 2.29. The van der Waals surface area contributed by atoms with Crippen molar-refractivity contribution < 1.29 is 23.5 Å². The van der Waals surface area contributed by atoms with E-state index in [9.17, 15) is 14.4 Å². The molecule has 0 saturated carbocycles. The topological polar surface area (TPSA) is 104 Å². The Hall–Kier alpha value is -3.33. The zero-order chi connectivity index (χ0) is 23.1. The lowest BCUT2D eigenvalue weighted by Gasteiger charge is -2.29. The minimum absolute atomic E-state index is 0.129. The molecule has 1 atom stereocenters. The third kappa shape index (κ3) is 6.10. The molecular formula is C23H30N4O5. The third-order valence-electron chi connectivity index (χ3n) is 5.25. The van der Waals surface area contributed by atoms with Crippen LogP contribution in [0.4, 0.5) is 11.4 Å². The summed E-state index contributed by atoms with van der Waals surface area (Å²) in [6.45, 7) is 6.61. The Morgan fingerprint density at radius 1 is 1.09 bits per heavy atom. The molecule has 2 heterocycles. The molecule has 0 spiro atoms. The van der Waals surface area contributed by atoms with Crippen LogP contribution in [-0.4, -0.2) is 68.6 Å². The molecule has 1 unspecified atom stereocenters. The van der Waals surface area contributed by atoms with Crippen molar-refractivity contribution in [1.82, 2.24) is 10.2 Å². The number of likely N-dealkylation sites (N-methyl/N-ethyl adjacent to an activating group) is 1. The molecule has 0 radical (unpaired) electrons. The van der Waals surface area contributed by atoms with Gasteiger partial charge in [-0.05, 0) is 42.3 Å². The van der Waals surface area contributed by atoms with E-state index in [0.29, 0.717) is 18.9 Å². The van der Waals surface area contributed by atoms with E-state index >= 15 is 0 Å². The van der Waals surface area contributed by atoms with Crippen LogP contribution in [0.5, 0.6) is 0 Å². The molecule has 172 valence electrons. The molecule has 3 rings (SSSR count). The van der Waals surface area contributed by atoms with E-state index in [4.69, 9.17) is 9.15 Å². The van der Waals surface area contributed by atoms with Crippen LogP contribution >= 0.6 is 0 Å². The minimum atomic E-state index is -0.779. The molecule has 1 aliphatic rings. The van der Waals surface area contributed by atoms with E-state index in [2.05, 4.69) is 15.5 Å². The summed E-state index contributed by atoms with van der Waals surface area (Å²) in [4.78, 5) is 41.2. The average Bonchev–Trinajstić information content (AvgIpc) is 3.33. The molecule has 1 saturated heterocycles. The number of hydrogen-bond donors (Lipinski definition) is 2. The monoisotopic (exact) mass is 442 g/mol. The standard InChI is InChI=1S/C23H30N4O5/c1-16(2)21(25-22(29)19-5-4-12-32-19)23(30)26(3)15-20(28)24-17-6-8-18(9-7-17)27-10-13-31-14-11-27/h4-9,12,16,21H,10-11,13-15H2,1-3H3,(H,24,28)(H,25,29). The first-order valence-corrected chi connectivity index (χ1v) is 10.7. The van der Waals surface area contributed by atoms with Crippen molar-refractivity contribution in [3.8, 4) is 0 Å². The quantitative estimate of drug-likeness (QED) is 0.648. The van der Waals surface area contributed by atoms with E-state index in [1.54, 1.807) is 6.07 Å². The average molecular weight is 443 g/mol. The molecule has 1 fully saturated rings. The van der Waals surface area contributed by atoms with Crippen LogP contribution in [-0.2, 0) is 14.3 Å². The van der Waals surface area contributed by atoms with Gasteiger partial charge in [0, 0.05) is 31.5 Å². The highest BCUT2D eigenvalue weighted by atomic mass is 16.5. The summed E-state index contributed by atoms with van der Waals surface area (Å²) in [5.74, 6) is -1.18. The Kier molecular flexibility index (Phi) is 7.88. The van der Waals surface area contributed by atoms with Crippen LogP contribution < -0.4 is 15.5 Å². The number of hydrogen-bond acceptors (Lipinski definition) is 6. The van der Waals surface area contributed by atoms with Gasteiger partial charge in [0.1, 0.15) is 6.04 Å². The van der Waals surface area contributed by atoms with E-state index in [1.807, 2.05) is 38.1 Å². The first kappa shape index (κ1) is 23.3. The number of furan rings is 1. The van der Waals surface area contributed by atoms with E-state index in [-0.39, 0.29) is 30.0 Å². The van der Waals surface area contributed by atoms with Gasteiger partial charge < -0.3 is 29.6 Å². The van der Waals surface area contributed by atoms with Crippen molar-refractivity contribution in [3.63, 3.8) is 0 Å². The molecule has 1 aromatic heterocycles. The van der Waals surface area contributed by atoms with Crippen molar-refractivity contribution >= 4 is 29.1 Å². The summed E-state index contributed by atoms with van der Waals surface area (Å²) in [6.07, 6.45) is 1.39. The van der Waals surface area contributed by atoms with Crippen LogP contribution in [0.2, 0.25) is 0 Å². The third-order valence-corrected chi connectivity index (χ3v) is 5.25. The predicted octanol–water partition coefficient (Wildman–Crippen LogP) is 1.97. The number of anilines is 2. The van der Waals surface area contributed by atoms with Gasteiger partial charge in [-0.1, -0.05) is 13.8 Å². The number of amides is 3. The van der Waals surface area contributed by atoms with Crippen LogP contribution in [0.25, 0.3) is 0 Å². The lowest BCUT2D eigenvalue weighted by molar-refractivity contribution is -0.135. The number of benzene rings is 1. The Labute approximate surface area is 187 Å². The lowest BCUT2D eigenvalue weighted by Crippen LogP contribution is -2.51. The van der Waals surface area contributed by atoms with Gasteiger partial charge in [0.05, 0.1) is 26.0 Å². The van der Waals surface area contributed by atoms with Crippen LogP contribution in [0, 0.1) is 5.92 Å². The number of nitrogens with zero attached hydrogens (tertiary/aromatic N) is 2. The molecule has 1 aliphatic heterocycles. The summed E-state index contributed by atoms with van der Waals surface area (Å²) in [6, 6.07) is 9.93. The molecule has 0 bridgehead atoms. The fourth-order valence-electron chi connectivity index (χ4n) is 3.44. The Bertz CT molecular complexity index is 905. The Morgan fingerprint density at radius 3 is 2.38 bits per heavy atom. The highest BCUT2D eigenvalue weighted by Crippen LogP contribution is 2.19. The number of nitrogens with one attached hydrogen (secondary N) is 2. The van der Waals surface area contributed by atoms with Gasteiger partial charge in [-0.25, -0.2) is 0 Å². The fraction of sp³-hybridized carbons (Fsp3) is 0.435. The second-order valence-corrected chi connectivity index (χ2v) is 8.06. The van der Waals surface area contributed by atoms with Gasteiger partial charge in [0.25, 0.3) is 5.91 Å². The smallest absolute Gasteiger partial charge is 0.287 e. The molecule has 9 heteroatoms. The Morgan fingerprint density at radius 2 is 1.78 bits per heavy atom. The zero-order valence-electron chi connectivity index (χ0n) is 18.7. The van der Waals surface area contributed by atoms with E-state index < -0.39 is 11.9 Å². The molecular weight excluding hydrogens is 412 g/mol. The second kappa shape index (κ2) is 10.8. The highest BCUT2D eigenvalue weighted by molar-refractivity contribution is 5.98. The summed E-state index contributed by atoms with van der Waals surface area (Å²) in [7, 11) is 1.54. The summed E-state index contributed by atoms with van der Waals surface area (Å²) >= 11 is 0.